The van der Waals surface area contributed by atoms with Gasteiger partial charge in [-0.1, -0.05) is 49.4 Å². The fourth-order valence-corrected chi connectivity index (χ4v) is 4.68. The molecule has 0 radical (unpaired) electrons. The van der Waals surface area contributed by atoms with Gasteiger partial charge in [-0.15, -0.1) is 0 Å². The summed E-state index contributed by atoms with van der Waals surface area (Å²) in [6.07, 6.45) is 1.21. The van der Waals surface area contributed by atoms with Crippen LogP contribution in [0, 0.1) is 0 Å². The summed E-state index contributed by atoms with van der Waals surface area (Å²) in [5, 5.41) is 3.10. The number of rotatable bonds is 11. The number of amides is 3. The molecule has 0 bridgehead atoms. The van der Waals surface area contributed by atoms with Crippen LogP contribution in [-0.4, -0.2) is 53.2 Å². The van der Waals surface area contributed by atoms with Crippen LogP contribution in [0.5, 0.6) is 0 Å². The summed E-state index contributed by atoms with van der Waals surface area (Å²) >= 11 is 0.806. The number of carbonyl (C=O) groups excluding carboxylic acids is 3. The fourth-order valence-electron chi connectivity index (χ4n) is 3.92. The molecule has 1 aromatic heterocycles. The minimum atomic E-state index is -0.952. The van der Waals surface area contributed by atoms with Gasteiger partial charge in [0.05, 0.1) is 5.69 Å². The van der Waals surface area contributed by atoms with Crippen LogP contribution in [0.4, 0.5) is 11.4 Å². The van der Waals surface area contributed by atoms with Crippen molar-refractivity contribution in [3.63, 3.8) is 0 Å². The number of carbonyl (C=O) groups is 3. The van der Waals surface area contributed by atoms with E-state index < -0.39 is 23.4 Å². The minimum Gasteiger partial charge on any atom is -0.395 e. The molecule has 2 aromatic carbocycles. The highest BCUT2D eigenvalue weighted by atomic mass is 32.1. The molecular formula is C28H36N6O3S. The molecule has 1 atom stereocenters. The van der Waals surface area contributed by atoms with E-state index in [0.717, 1.165) is 22.8 Å². The molecule has 202 valence electrons. The van der Waals surface area contributed by atoms with Crippen LogP contribution in [-0.2, 0) is 11.2 Å². The summed E-state index contributed by atoms with van der Waals surface area (Å²) in [5.41, 5.74) is 13.4. The summed E-state index contributed by atoms with van der Waals surface area (Å²) in [6, 6.07) is 16.3. The van der Waals surface area contributed by atoms with Crippen molar-refractivity contribution in [2.45, 2.75) is 45.2 Å². The molecule has 3 rings (SSSR count). The third kappa shape index (κ3) is 6.69. The van der Waals surface area contributed by atoms with E-state index in [4.69, 9.17) is 11.5 Å². The number of nitrogens with one attached hydrogen (secondary N) is 1. The number of benzene rings is 2. The van der Waals surface area contributed by atoms with Crippen LogP contribution in [0.3, 0.4) is 0 Å². The smallest absolute Gasteiger partial charge is 0.270 e. The Morgan fingerprint density at radius 3 is 2.21 bits per heavy atom. The van der Waals surface area contributed by atoms with Crippen molar-refractivity contribution in [3.05, 3.63) is 76.3 Å². The van der Waals surface area contributed by atoms with E-state index in [9.17, 15) is 14.4 Å². The third-order valence-corrected chi connectivity index (χ3v) is 7.38. The number of primary amides is 1. The Labute approximate surface area is 228 Å². The van der Waals surface area contributed by atoms with E-state index in [2.05, 4.69) is 9.69 Å². The summed E-state index contributed by atoms with van der Waals surface area (Å²) in [4.78, 5) is 43.2. The molecule has 0 fully saturated rings. The number of hydrogen-bond donors (Lipinski definition) is 3. The highest BCUT2D eigenvalue weighted by Crippen LogP contribution is 2.30. The summed E-state index contributed by atoms with van der Waals surface area (Å²) in [5.74, 6) is -1.62. The van der Waals surface area contributed by atoms with Gasteiger partial charge in [-0.05, 0) is 61.5 Å². The number of nitrogen functional groups attached to an aromatic ring is 1. The second-order valence-electron chi connectivity index (χ2n) is 9.99. The van der Waals surface area contributed by atoms with E-state index in [1.807, 2.05) is 94.4 Å². The van der Waals surface area contributed by atoms with E-state index in [0.29, 0.717) is 18.4 Å². The Balaban J connectivity index is 2.11. The SMILES string of the molecule is CCC(C)(C)NC(=O)C(c1ccc(N(C)C)cc1)N(CCc1ccccc1)C(=O)c1snc(C(N)=O)c1N. The number of anilines is 2. The van der Waals surface area contributed by atoms with Gasteiger partial charge in [-0.2, -0.15) is 4.37 Å². The third-order valence-electron chi connectivity index (χ3n) is 6.53. The van der Waals surface area contributed by atoms with Gasteiger partial charge in [0.1, 0.15) is 10.9 Å². The molecule has 38 heavy (non-hydrogen) atoms. The van der Waals surface area contributed by atoms with E-state index in [1.165, 1.54) is 4.90 Å². The normalized spacial score (nSPS) is 12.0. The molecule has 0 aliphatic carbocycles. The molecule has 3 aromatic rings. The Morgan fingerprint density at radius 2 is 1.68 bits per heavy atom. The van der Waals surface area contributed by atoms with Gasteiger partial charge in [-0.3, -0.25) is 14.4 Å². The van der Waals surface area contributed by atoms with Gasteiger partial charge < -0.3 is 26.6 Å². The van der Waals surface area contributed by atoms with Crippen molar-refractivity contribution >= 4 is 40.6 Å². The Morgan fingerprint density at radius 1 is 1.05 bits per heavy atom. The largest absolute Gasteiger partial charge is 0.395 e. The van der Waals surface area contributed by atoms with Crippen LogP contribution < -0.4 is 21.7 Å². The summed E-state index contributed by atoms with van der Waals surface area (Å²) in [7, 11) is 3.86. The average Bonchev–Trinajstić information content (AvgIpc) is 3.28. The van der Waals surface area contributed by atoms with Gasteiger partial charge in [0, 0.05) is 31.9 Å². The standard InChI is InChI=1S/C28H36N6O3S/c1-6-28(2,3)31-26(36)23(19-12-14-20(15-13-19)33(4)5)34(17-16-18-10-8-7-9-11-18)27(37)24-21(29)22(25(30)35)32-38-24/h7-15,23H,6,16-17,29H2,1-5H3,(H2,30,35)(H,31,36). The van der Waals surface area contributed by atoms with Gasteiger partial charge in [0.25, 0.3) is 11.8 Å². The van der Waals surface area contributed by atoms with Crippen molar-refractivity contribution in [3.8, 4) is 0 Å². The molecule has 0 saturated carbocycles. The number of nitrogens with two attached hydrogens (primary N) is 2. The first-order valence-electron chi connectivity index (χ1n) is 12.4. The van der Waals surface area contributed by atoms with Crippen molar-refractivity contribution < 1.29 is 14.4 Å². The van der Waals surface area contributed by atoms with Crippen LogP contribution >= 0.6 is 11.5 Å². The lowest BCUT2D eigenvalue weighted by molar-refractivity contribution is -0.127. The zero-order chi connectivity index (χ0) is 28.0. The van der Waals surface area contributed by atoms with Crippen LogP contribution in [0.2, 0.25) is 0 Å². The lowest BCUT2D eigenvalue weighted by Crippen LogP contribution is -2.50. The predicted molar refractivity (Wildman–Crippen MR) is 152 cm³/mol. The Kier molecular flexibility index (Phi) is 9.11. The maximum absolute atomic E-state index is 14.0. The van der Waals surface area contributed by atoms with Gasteiger partial charge in [-0.25, -0.2) is 0 Å². The Hall–Kier alpha value is -3.92. The van der Waals surface area contributed by atoms with Gasteiger partial charge in [0.2, 0.25) is 5.91 Å². The minimum absolute atomic E-state index is 0.0734. The lowest BCUT2D eigenvalue weighted by Gasteiger charge is -2.34. The molecule has 0 saturated heterocycles. The maximum atomic E-state index is 14.0. The highest BCUT2D eigenvalue weighted by molar-refractivity contribution is 7.09. The number of hydrogen-bond acceptors (Lipinski definition) is 7. The fraction of sp³-hybridized carbons (Fsp3) is 0.357. The van der Waals surface area contributed by atoms with Crippen molar-refractivity contribution in [2.24, 2.45) is 5.73 Å². The maximum Gasteiger partial charge on any atom is 0.270 e. The zero-order valence-electron chi connectivity index (χ0n) is 22.5. The van der Waals surface area contributed by atoms with Crippen molar-refractivity contribution in [1.29, 1.82) is 0 Å². The van der Waals surface area contributed by atoms with Gasteiger partial charge in [0.15, 0.2) is 5.69 Å². The summed E-state index contributed by atoms with van der Waals surface area (Å²) in [6.45, 7) is 6.09. The summed E-state index contributed by atoms with van der Waals surface area (Å²) < 4.78 is 4.01. The molecule has 9 nitrogen and oxygen atoms in total. The van der Waals surface area contributed by atoms with E-state index >= 15 is 0 Å². The van der Waals surface area contributed by atoms with E-state index in [1.54, 1.807) is 0 Å². The molecule has 0 spiro atoms. The first-order valence-corrected chi connectivity index (χ1v) is 13.2. The van der Waals surface area contributed by atoms with Crippen LogP contribution in [0.25, 0.3) is 0 Å². The second-order valence-corrected chi connectivity index (χ2v) is 10.8. The first kappa shape index (κ1) is 28.6. The van der Waals surface area contributed by atoms with Crippen molar-refractivity contribution in [1.82, 2.24) is 14.6 Å². The topological polar surface area (TPSA) is 135 Å². The zero-order valence-corrected chi connectivity index (χ0v) is 23.3. The first-order chi connectivity index (χ1) is 17.9. The molecule has 1 unspecified atom stereocenters. The molecule has 5 N–H and O–H groups in total. The number of nitrogens with zero attached hydrogens (tertiary/aromatic N) is 3. The molecule has 0 aliphatic rings. The van der Waals surface area contributed by atoms with Crippen LogP contribution in [0.15, 0.2) is 54.6 Å². The molecule has 10 heteroatoms. The second kappa shape index (κ2) is 12.1. The lowest BCUT2D eigenvalue weighted by atomic mass is 9.98. The average molecular weight is 537 g/mol. The molecule has 1 heterocycles. The highest BCUT2D eigenvalue weighted by Gasteiger charge is 2.36. The Bertz CT molecular complexity index is 1270. The van der Waals surface area contributed by atoms with E-state index in [-0.39, 0.29) is 28.7 Å². The number of aromatic nitrogens is 1. The molecular weight excluding hydrogens is 500 g/mol. The predicted octanol–water partition coefficient (Wildman–Crippen LogP) is 3.62. The quantitative estimate of drug-likeness (QED) is 0.343. The van der Waals surface area contributed by atoms with Crippen LogP contribution in [0.1, 0.15) is 64.5 Å². The monoisotopic (exact) mass is 536 g/mol. The van der Waals surface area contributed by atoms with Crippen molar-refractivity contribution in [2.75, 3.05) is 31.3 Å². The molecule has 3 amide bonds. The van der Waals surface area contributed by atoms with Gasteiger partial charge >= 0.3 is 0 Å². The molecule has 0 aliphatic heterocycles.